The van der Waals surface area contributed by atoms with Gasteiger partial charge in [-0.25, -0.2) is 4.79 Å². The number of aromatic amines is 2. The van der Waals surface area contributed by atoms with E-state index in [1.54, 1.807) is 20.2 Å². The minimum Gasteiger partial charge on any atom is -0.380 e. The molecule has 2 aromatic heterocycles. The highest BCUT2D eigenvalue weighted by Gasteiger charge is 2.06. The van der Waals surface area contributed by atoms with Crippen molar-refractivity contribution in [3.8, 4) is 0 Å². The summed E-state index contributed by atoms with van der Waals surface area (Å²) >= 11 is 0. The van der Waals surface area contributed by atoms with Crippen LogP contribution in [0, 0.1) is 6.92 Å². The van der Waals surface area contributed by atoms with Crippen molar-refractivity contribution >= 4 is 0 Å². The highest BCUT2D eigenvalue weighted by Crippen LogP contribution is 2.10. The van der Waals surface area contributed by atoms with Gasteiger partial charge in [0.2, 0.25) is 0 Å². The maximum Gasteiger partial charge on any atom is 0.328 e. The van der Waals surface area contributed by atoms with Crippen LogP contribution in [0.2, 0.25) is 0 Å². The number of nitrogens with zero attached hydrogens (tertiary/aromatic N) is 1. The van der Waals surface area contributed by atoms with E-state index in [9.17, 15) is 9.59 Å². The lowest BCUT2D eigenvalue weighted by Crippen LogP contribution is -2.31. The first-order valence-electron chi connectivity index (χ1n) is 5.55. The monoisotopic (exact) mass is 249 g/mol. The van der Waals surface area contributed by atoms with Gasteiger partial charge in [0.05, 0.1) is 13.2 Å². The molecule has 0 aliphatic rings. The summed E-state index contributed by atoms with van der Waals surface area (Å²) < 4.78 is 6.54. The predicted molar refractivity (Wildman–Crippen MR) is 66.7 cm³/mol. The first-order valence-corrected chi connectivity index (χ1v) is 5.55. The van der Waals surface area contributed by atoms with E-state index in [-0.39, 0.29) is 5.56 Å². The van der Waals surface area contributed by atoms with Crippen LogP contribution in [0.5, 0.6) is 0 Å². The van der Waals surface area contributed by atoms with Crippen LogP contribution in [0.1, 0.15) is 16.7 Å². The molecule has 2 rings (SSSR count). The highest BCUT2D eigenvalue weighted by molar-refractivity contribution is 5.23. The van der Waals surface area contributed by atoms with Gasteiger partial charge >= 0.3 is 5.69 Å². The van der Waals surface area contributed by atoms with Crippen molar-refractivity contribution in [1.29, 1.82) is 0 Å². The number of hydrogen-bond acceptors (Lipinski definition) is 3. The number of H-pyrrole nitrogens is 2. The van der Waals surface area contributed by atoms with Crippen LogP contribution in [0.15, 0.2) is 28.2 Å². The van der Waals surface area contributed by atoms with Gasteiger partial charge in [-0.3, -0.25) is 14.3 Å². The summed E-state index contributed by atoms with van der Waals surface area (Å²) in [5, 5.41) is 0. The Kier molecular flexibility index (Phi) is 3.47. The molecule has 2 heterocycles. The number of nitrogens with one attached hydrogen (secondary N) is 2. The zero-order valence-corrected chi connectivity index (χ0v) is 10.3. The summed E-state index contributed by atoms with van der Waals surface area (Å²) in [6.45, 7) is 2.55. The summed E-state index contributed by atoms with van der Waals surface area (Å²) in [4.78, 5) is 28.2. The number of aromatic nitrogens is 3. The second kappa shape index (κ2) is 5.05. The molecule has 18 heavy (non-hydrogen) atoms. The highest BCUT2D eigenvalue weighted by atomic mass is 16.5. The van der Waals surface area contributed by atoms with Crippen LogP contribution in [0.3, 0.4) is 0 Å². The van der Waals surface area contributed by atoms with Crippen LogP contribution in [0.4, 0.5) is 0 Å². The summed E-state index contributed by atoms with van der Waals surface area (Å²) in [6, 6.07) is 0. The van der Waals surface area contributed by atoms with Crippen LogP contribution >= 0.6 is 0 Å². The molecule has 0 spiro atoms. The van der Waals surface area contributed by atoms with E-state index in [1.807, 2.05) is 12.4 Å². The molecule has 0 fully saturated rings. The molecule has 6 heteroatoms. The fourth-order valence-corrected chi connectivity index (χ4v) is 1.78. The first kappa shape index (κ1) is 12.4. The summed E-state index contributed by atoms with van der Waals surface area (Å²) in [5.41, 5.74) is 1.72. The molecule has 0 unspecified atom stereocenters. The standard InChI is InChI=1S/C12H15N3O3/c1-8-5-15(12(17)14-11(8)16)6-9-3-13-4-10(9)7-18-2/h3-5,13H,6-7H2,1-2H3,(H,14,16,17). The molecule has 0 atom stereocenters. The smallest absolute Gasteiger partial charge is 0.328 e. The molecule has 0 aliphatic carbocycles. The van der Waals surface area contributed by atoms with E-state index < -0.39 is 5.69 Å². The number of rotatable bonds is 4. The average molecular weight is 249 g/mol. The van der Waals surface area contributed by atoms with Crippen molar-refractivity contribution in [2.45, 2.75) is 20.1 Å². The summed E-state index contributed by atoms with van der Waals surface area (Å²) in [7, 11) is 1.62. The number of aryl methyl sites for hydroxylation is 1. The van der Waals surface area contributed by atoms with Crippen LogP contribution in [0.25, 0.3) is 0 Å². The molecule has 0 saturated heterocycles. The minimum absolute atomic E-state index is 0.345. The summed E-state index contributed by atoms with van der Waals surface area (Å²) in [5.74, 6) is 0. The Morgan fingerprint density at radius 3 is 2.72 bits per heavy atom. The molecule has 0 aromatic carbocycles. The fourth-order valence-electron chi connectivity index (χ4n) is 1.78. The van der Waals surface area contributed by atoms with Gasteiger partial charge in [0.1, 0.15) is 0 Å². The zero-order chi connectivity index (χ0) is 13.1. The second-order valence-electron chi connectivity index (χ2n) is 4.14. The van der Waals surface area contributed by atoms with E-state index in [4.69, 9.17) is 4.74 Å². The number of methoxy groups -OCH3 is 1. The Balaban J connectivity index is 2.34. The van der Waals surface area contributed by atoms with Gasteiger partial charge in [0.25, 0.3) is 5.56 Å². The third-order valence-corrected chi connectivity index (χ3v) is 2.76. The van der Waals surface area contributed by atoms with Gasteiger partial charge in [-0.05, 0) is 12.5 Å². The third-order valence-electron chi connectivity index (χ3n) is 2.76. The van der Waals surface area contributed by atoms with Crippen molar-refractivity contribution in [3.63, 3.8) is 0 Å². The minimum atomic E-state index is -0.407. The Labute approximate surface area is 103 Å². The molecule has 0 radical (unpaired) electrons. The SMILES string of the molecule is COCc1c[nH]cc1Cn1cc(C)c(=O)[nH]c1=O. The van der Waals surface area contributed by atoms with E-state index in [2.05, 4.69) is 9.97 Å². The fraction of sp³-hybridized carbons (Fsp3) is 0.333. The molecule has 0 bridgehead atoms. The molecule has 96 valence electrons. The molecule has 0 aliphatic heterocycles. The van der Waals surface area contributed by atoms with Gasteiger partial charge in [-0.2, -0.15) is 0 Å². The van der Waals surface area contributed by atoms with Crippen LogP contribution in [-0.4, -0.2) is 21.6 Å². The van der Waals surface area contributed by atoms with Crippen molar-refractivity contribution < 1.29 is 4.74 Å². The van der Waals surface area contributed by atoms with E-state index in [0.29, 0.717) is 18.7 Å². The van der Waals surface area contributed by atoms with Crippen LogP contribution in [-0.2, 0) is 17.9 Å². The maximum atomic E-state index is 11.7. The van der Waals surface area contributed by atoms with Crippen molar-refractivity contribution in [1.82, 2.24) is 14.5 Å². The largest absolute Gasteiger partial charge is 0.380 e. The van der Waals surface area contributed by atoms with Crippen LogP contribution < -0.4 is 11.2 Å². The van der Waals surface area contributed by atoms with Gasteiger partial charge in [-0.1, -0.05) is 0 Å². The van der Waals surface area contributed by atoms with E-state index in [1.165, 1.54) is 4.57 Å². The Bertz CT molecular complexity index is 651. The Morgan fingerprint density at radius 2 is 2.00 bits per heavy atom. The van der Waals surface area contributed by atoms with Gasteiger partial charge in [0.15, 0.2) is 0 Å². The van der Waals surface area contributed by atoms with Crippen molar-refractivity contribution in [3.05, 3.63) is 56.1 Å². The van der Waals surface area contributed by atoms with Gasteiger partial charge < -0.3 is 9.72 Å². The van der Waals surface area contributed by atoms with E-state index in [0.717, 1.165) is 11.1 Å². The van der Waals surface area contributed by atoms with Crippen molar-refractivity contribution in [2.75, 3.05) is 7.11 Å². The van der Waals surface area contributed by atoms with E-state index >= 15 is 0 Å². The lowest BCUT2D eigenvalue weighted by molar-refractivity contribution is 0.184. The van der Waals surface area contributed by atoms with Crippen molar-refractivity contribution in [2.24, 2.45) is 0 Å². The molecular weight excluding hydrogens is 234 g/mol. The lowest BCUT2D eigenvalue weighted by Gasteiger charge is -2.06. The maximum absolute atomic E-state index is 11.7. The van der Waals surface area contributed by atoms with Gasteiger partial charge in [-0.15, -0.1) is 0 Å². The summed E-state index contributed by atoms with van der Waals surface area (Å²) in [6.07, 6.45) is 5.22. The Morgan fingerprint density at radius 1 is 1.28 bits per heavy atom. The normalized spacial score (nSPS) is 10.8. The molecule has 6 nitrogen and oxygen atoms in total. The third kappa shape index (κ3) is 2.43. The molecule has 0 saturated carbocycles. The molecule has 2 aromatic rings. The Hall–Kier alpha value is -2.08. The molecule has 2 N–H and O–H groups in total. The second-order valence-corrected chi connectivity index (χ2v) is 4.14. The first-order chi connectivity index (χ1) is 8.61. The average Bonchev–Trinajstić information content (AvgIpc) is 2.74. The quantitative estimate of drug-likeness (QED) is 0.821. The zero-order valence-electron chi connectivity index (χ0n) is 10.3. The number of hydrogen-bond donors (Lipinski definition) is 2. The predicted octanol–water partition coefficient (Wildman–Crippen LogP) is 0.368. The topological polar surface area (TPSA) is 79.9 Å². The molecule has 0 amide bonds. The lowest BCUT2D eigenvalue weighted by atomic mass is 10.2. The van der Waals surface area contributed by atoms with Gasteiger partial charge in [0, 0.05) is 36.8 Å². The number of ether oxygens (including phenoxy) is 1. The molecular formula is C12H15N3O3.